The molecule has 3 amide bonds. The molecular weight excluding hydrogens is 390 g/mol. The highest BCUT2D eigenvalue weighted by molar-refractivity contribution is 5.99. The summed E-state index contributed by atoms with van der Waals surface area (Å²) in [6.07, 6.45) is 0.797. The summed E-state index contributed by atoms with van der Waals surface area (Å²) in [7, 11) is 1.55. The van der Waals surface area contributed by atoms with Gasteiger partial charge in [-0.1, -0.05) is 58.0 Å². The maximum absolute atomic E-state index is 12.6. The van der Waals surface area contributed by atoms with E-state index < -0.39 is 6.04 Å². The van der Waals surface area contributed by atoms with Crippen molar-refractivity contribution in [2.75, 3.05) is 18.9 Å². The average Bonchev–Trinajstić information content (AvgIpc) is 2.72. The molecule has 31 heavy (non-hydrogen) atoms. The molecule has 0 aliphatic rings. The largest absolute Gasteiger partial charge is 0.341 e. The fourth-order valence-corrected chi connectivity index (χ4v) is 3.23. The van der Waals surface area contributed by atoms with E-state index in [4.69, 9.17) is 0 Å². The molecule has 0 fully saturated rings. The number of hydrogen-bond donors (Lipinski definition) is 2. The van der Waals surface area contributed by atoms with Crippen molar-refractivity contribution in [3.63, 3.8) is 0 Å². The summed E-state index contributed by atoms with van der Waals surface area (Å²) < 4.78 is 0. The van der Waals surface area contributed by atoms with Crippen LogP contribution in [-0.2, 0) is 21.4 Å². The quantitative estimate of drug-likeness (QED) is 0.712. The molecule has 6 heteroatoms. The molecule has 2 N–H and O–H groups in total. The van der Waals surface area contributed by atoms with Crippen LogP contribution in [0.1, 0.15) is 56.1 Å². The van der Waals surface area contributed by atoms with Gasteiger partial charge in [-0.25, -0.2) is 0 Å². The summed E-state index contributed by atoms with van der Waals surface area (Å²) in [5, 5.41) is 5.56. The normalized spacial score (nSPS) is 12.1. The Morgan fingerprint density at radius 1 is 1.00 bits per heavy atom. The number of carbonyl (C=O) groups excluding carboxylic acids is 3. The van der Waals surface area contributed by atoms with Gasteiger partial charge in [0.25, 0.3) is 5.91 Å². The summed E-state index contributed by atoms with van der Waals surface area (Å²) in [6.45, 7) is 9.85. The zero-order valence-electron chi connectivity index (χ0n) is 19.3. The lowest BCUT2D eigenvalue weighted by molar-refractivity contribution is -0.134. The minimum absolute atomic E-state index is 0.000802. The molecule has 0 aromatic heterocycles. The van der Waals surface area contributed by atoms with Crippen molar-refractivity contribution in [1.29, 1.82) is 0 Å². The number of hydrogen-bond acceptors (Lipinski definition) is 3. The molecule has 0 spiro atoms. The van der Waals surface area contributed by atoms with E-state index in [0.717, 1.165) is 23.2 Å². The molecule has 0 saturated carbocycles. The van der Waals surface area contributed by atoms with Crippen molar-refractivity contribution in [1.82, 2.24) is 10.2 Å². The Morgan fingerprint density at radius 3 is 2.19 bits per heavy atom. The van der Waals surface area contributed by atoms with Crippen LogP contribution in [0, 0.1) is 0 Å². The topological polar surface area (TPSA) is 78.5 Å². The average molecular weight is 424 g/mol. The maximum Gasteiger partial charge on any atom is 0.251 e. The Labute approximate surface area is 185 Å². The number of nitrogens with one attached hydrogen (secondary N) is 2. The molecule has 2 aromatic rings. The molecule has 0 saturated heterocycles. The lowest BCUT2D eigenvalue weighted by atomic mass is 9.86. The first kappa shape index (κ1) is 24.1. The van der Waals surface area contributed by atoms with E-state index in [0.29, 0.717) is 5.56 Å². The van der Waals surface area contributed by atoms with Gasteiger partial charge in [-0.05, 0) is 48.1 Å². The monoisotopic (exact) mass is 423 g/mol. The summed E-state index contributed by atoms with van der Waals surface area (Å²) >= 11 is 0. The highest BCUT2D eigenvalue weighted by atomic mass is 16.2. The maximum atomic E-state index is 12.6. The molecule has 0 bridgehead atoms. The van der Waals surface area contributed by atoms with Crippen LogP contribution in [0.5, 0.6) is 0 Å². The molecule has 0 radical (unpaired) electrons. The van der Waals surface area contributed by atoms with Crippen LogP contribution in [-0.4, -0.2) is 42.3 Å². The van der Waals surface area contributed by atoms with Gasteiger partial charge in [-0.15, -0.1) is 0 Å². The second-order valence-electron chi connectivity index (χ2n) is 8.78. The number of para-hydroxylation sites is 1. The number of amides is 3. The molecule has 0 heterocycles. The zero-order valence-corrected chi connectivity index (χ0v) is 19.3. The van der Waals surface area contributed by atoms with E-state index in [1.165, 1.54) is 4.90 Å². The Kier molecular flexibility index (Phi) is 7.97. The summed E-state index contributed by atoms with van der Waals surface area (Å²) in [4.78, 5) is 38.9. The number of anilines is 1. The number of rotatable bonds is 7. The fraction of sp³-hybridized carbons (Fsp3) is 0.400. The molecule has 2 aromatic carbocycles. The van der Waals surface area contributed by atoms with Crippen LogP contribution in [0.25, 0.3) is 0 Å². The van der Waals surface area contributed by atoms with E-state index in [1.807, 2.05) is 43.3 Å². The lowest BCUT2D eigenvalue weighted by Gasteiger charge is -2.22. The molecular formula is C25H33N3O3. The number of likely N-dealkylation sites (N-methyl/N-ethyl adjacent to an activating group) is 1. The summed E-state index contributed by atoms with van der Waals surface area (Å²) in [6, 6.07) is 14.2. The van der Waals surface area contributed by atoms with Crippen LogP contribution >= 0.6 is 0 Å². The van der Waals surface area contributed by atoms with Gasteiger partial charge >= 0.3 is 0 Å². The summed E-state index contributed by atoms with van der Waals surface area (Å²) in [5.41, 5.74) is 3.39. The Morgan fingerprint density at radius 2 is 1.61 bits per heavy atom. The fourth-order valence-electron chi connectivity index (χ4n) is 3.23. The van der Waals surface area contributed by atoms with Gasteiger partial charge in [0.1, 0.15) is 6.04 Å². The predicted octanol–water partition coefficient (Wildman–Crippen LogP) is 3.76. The third-order valence-electron chi connectivity index (χ3n) is 5.16. The third kappa shape index (κ3) is 6.67. The molecule has 6 nitrogen and oxygen atoms in total. The molecule has 0 aliphatic carbocycles. The molecule has 1 atom stereocenters. The minimum atomic E-state index is -0.754. The summed E-state index contributed by atoms with van der Waals surface area (Å²) in [5.74, 6) is -0.942. The lowest BCUT2D eigenvalue weighted by Crippen LogP contribution is -2.47. The van der Waals surface area contributed by atoms with Gasteiger partial charge in [-0.3, -0.25) is 14.4 Å². The van der Waals surface area contributed by atoms with Crippen molar-refractivity contribution in [3.8, 4) is 0 Å². The van der Waals surface area contributed by atoms with Gasteiger partial charge in [0.15, 0.2) is 0 Å². The van der Waals surface area contributed by atoms with E-state index in [1.54, 1.807) is 26.1 Å². The van der Waals surface area contributed by atoms with Gasteiger partial charge in [0.2, 0.25) is 11.8 Å². The SMILES string of the molecule is CCc1ccccc1NC(=O)CN(C)C(=O)C(C)NC(=O)c1ccc(C(C)(C)C)cc1. The first-order valence-corrected chi connectivity index (χ1v) is 10.6. The van der Waals surface area contributed by atoms with E-state index in [2.05, 4.69) is 31.4 Å². The number of aryl methyl sites for hydroxylation is 1. The smallest absolute Gasteiger partial charge is 0.251 e. The molecule has 0 aliphatic heterocycles. The second kappa shape index (κ2) is 10.2. The third-order valence-corrected chi connectivity index (χ3v) is 5.16. The van der Waals surface area contributed by atoms with Gasteiger partial charge in [0.05, 0.1) is 6.54 Å². The number of nitrogens with zero attached hydrogens (tertiary/aromatic N) is 1. The van der Waals surface area contributed by atoms with Crippen LogP contribution in [0.15, 0.2) is 48.5 Å². The Hall–Kier alpha value is -3.15. The van der Waals surface area contributed by atoms with Crippen molar-refractivity contribution in [2.24, 2.45) is 0 Å². The van der Waals surface area contributed by atoms with Gasteiger partial charge in [0, 0.05) is 18.3 Å². The van der Waals surface area contributed by atoms with Gasteiger partial charge < -0.3 is 15.5 Å². The van der Waals surface area contributed by atoms with Crippen molar-refractivity contribution < 1.29 is 14.4 Å². The van der Waals surface area contributed by atoms with Crippen molar-refractivity contribution in [3.05, 3.63) is 65.2 Å². The molecule has 166 valence electrons. The number of benzene rings is 2. The Bertz CT molecular complexity index is 930. The van der Waals surface area contributed by atoms with Crippen LogP contribution in [0.3, 0.4) is 0 Å². The first-order valence-electron chi connectivity index (χ1n) is 10.6. The molecule has 2 rings (SSSR count). The van der Waals surface area contributed by atoms with E-state index >= 15 is 0 Å². The van der Waals surface area contributed by atoms with Crippen LogP contribution in [0.2, 0.25) is 0 Å². The van der Waals surface area contributed by atoms with Crippen molar-refractivity contribution >= 4 is 23.4 Å². The van der Waals surface area contributed by atoms with E-state index in [9.17, 15) is 14.4 Å². The van der Waals surface area contributed by atoms with E-state index in [-0.39, 0.29) is 29.7 Å². The number of carbonyl (C=O) groups is 3. The highest BCUT2D eigenvalue weighted by Crippen LogP contribution is 2.22. The van der Waals surface area contributed by atoms with Crippen LogP contribution in [0.4, 0.5) is 5.69 Å². The van der Waals surface area contributed by atoms with Crippen molar-refractivity contribution in [2.45, 2.75) is 52.5 Å². The van der Waals surface area contributed by atoms with Gasteiger partial charge in [-0.2, -0.15) is 0 Å². The zero-order chi connectivity index (χ0) is 23.2. The predicted molar refractivity (Wildman–Crippen MR) is 124 cm³/mol. The highest BCUT2D eigenvalue weighted by Gasteiger charge is 2.22. The first-order chi connectivity index (χ1) is 14.5. The molecule has 1 unspecified atom stereocenters. The second-order valence-corrected chi connectivity index (χ2v) is 8.78. The Balaban J connectivity index is 1.92. The minimum Gasteiger partial charge on any atom is -0.341 e. The standard InChI is InChI=1S/C25H33N3O3/c1-7-18-10-8-9-11-21(18)27-22(29)16-28(6)24(31)17(2)26-23(30)19-12-14-20(15-13-19)25(3,4)5/h8-15,17H,7,16H2,1-6H3,(H,26,30)(H,27,29). The van der Waals surface area contributed by atoms with Crippen LogP contribution < -0.4 is 10.6 Å².